The Morgan fingerprint density at radius 2 is 2.25 bits per heavy atom. The van der Waals surface area contributed by atoms with Crippen molar-refractivity contribution in [3.05, 3.63) is 29.6 Å². The van der Waals surface area contributed by atoms with E-state index in [1.807, 2.05) is 0 Å². The van der Waals surface area contributed by atoms with E-state index in [-0.39, 0.29) is 0 Å². The molecule has 3 heteroatoms. The Morgan fingerprint density at radius 3 is 2.94 bits per heavy atom. The highest BCUT2D eigenvalue weighted by Gasteiger charge is 2.05. The molecule has 2 aromatic rings. The topological polar surface area (TPSA) is 40.7 Å². The lowest BCUT2D eigenvalue weighted by Crippen LogP contribution is -2.24. The first-order chi connectivity index (χ1) is 7.70. The van der Waals surface area contributed by atoms with Gasteiger partial charge in [0.05, 0.1) is 17.6 Å². The van der Waals surface area contributed by atoms with E-state index in [4.69, 9.17) is 0 Å². The van der Waals surface area contributed by atoms with Crippen LogP contribution >= 0.6 is 0 Å². The van der Waals surface area contributed by atoms with E-state index in [2.05, 4.69) is 54.3 Å². The van der Waals surface area contributed by atoms with Gasteiger partial charge in [-0.1, -0.05) is 19.1 Å². The smallest absolute Gasteiger partial charge is 0.121 e. The Balaban J connectivity index is 2.17. The van der Waals surface area contributed by atoms with Gasteiger partial charge < -0.3 is 10.3 Å². The largest absolute Gasteiger partial charge is 0.341 e. The lowest BCUT2D eigenvalue weighted by Gasteiger charge is -2.08. The standard InChI is InChI=1S/C13H19N3/c1-4-10(3)14-8-12-15-11-7-5-6-9(2)13(11)16-12/h5-7,10,14H,4,8H2,1-3H3,(H,15,16)/t10-/m0/s1. The third-order valence-corrected chi connectivity index (χ3v) is 2.99. The molecule has 0 unspecified atom stereocenters. The molecule has 1 atom stereocenters. The molecule has 0 aliphatic rings. The van der Waals surface area contributed by atoms with Crippen LogP contribution in [0, 0.1) is 6.92 Å². The molecule has 2 N–H and O–H groups in total. The summed E-state index contributed by atoms with van der Waals surface area (Å²) in [4.78, 5) is 7.94. The minimum absolute atomic E-state index is 0.536. The van der Waals surface area contributed by atoms with Crippen molar-refractivity contribution >= 4 is 11.0 Å². The zero-order valence-electron chi connectivity index (χ0n) is 10.2. The average molecular weight is 217 g/mol. The van der Waals surface area contributed by atoms with Gasteiger partial charge >= 0.3 is 0 Å². The maximum absolute atomic E-state index is 4.60. The summed E-state index contributed by atoms with van der Waals surface area (Å²) < 4.78 is 0. The van der Waals surface area contributed by atoms with Crippen LogP contribution in [0.3, 0.4) is 0 Å². The predicted octanol–water partition coefficient (Wildman–Crippen LogP) is 2.76. The molecule has 0 saturated heterocycles. The third kappa shape index (κ3) is 2.25. The van der Waals surface area contributed by atoms with Crippen molar-refractivity contribution in [2.24, 2.45) is 0 Å². The normalized spacial score (nSPS) is 13.2. The first kappa shape index (κ1) is 11.1. The summed E-state index contributed by atoms with van der Waals surface area (Å²) in [5.41, 5.74) is 3.44. The van der Waals surface area contributed by atoms with E-state index < -0.39 is 0 Å². The number of imidazole rings is 1. The summed E-state index contributed by atoms with van der Waals surface area (Å²) in [5.74, 6) is 1.02. The van der Waals surface area contributed by atoms with Crippen molar-refractivity contribution in [1.29, 1.82) is 0 Å². The molecule has 0 aliphatic heterocycles. The van der Waals surface area contributed by atoms with E-state index in [1.165, 1.54) is 5.56 Å². The fourth-order valence-electron chi connectivity index (χ4n) is 1.73. The summed E-state index contributed by atoms with van der Waals surface area (Å²) in [6.45, 7) is 7.27. The highest BCUT2D eigenvalue weighted by molar-refractivity contribution is 5.78. The SMILES string of the molecule is CC[C@H](C)NCc1nc2c(C)cccc2[nH]1. The van der Waals surface area contributed by atoms with Crippen LogP contribution in [-0.4, -0.2) is 16.0 Å². The zero-order chi connectivity index (χ0) is 11.5. The number of aryl methyl sites for hydroxylation is 1. The highest BCUT2D eigenvalue weighted by Crippen LogP contribution is 2.15. The molecule has 86 valence electrons. The molecule has 0 saturated carbocycles. The summed E-state index contributed by atoms with van der Waals surface area (Å²) in [6, 6.07) is 6.76. The lowest BCUT2D eigenvalue weighted by molar-refractivity contribution is 0.525. The maximum atomic E-state index is 4.60. The number of aromatic amines is 1. The van der Waals surface area contributed by atoms with E-state index in [0.29, 0.717) is 6.04 Å². The summed E-state index contributed by atoms with van der Waals surface area (Å²) >= 11 is 0. The van der Waals surface area contributed by atoms with E-state index in [1.54, 1.807) is 0 Å². The van der Waals surface area contributed by atoms with Gasteiger partial charge in [-0.05, 0) is 31.9 Å². The van der Waals surface area contributed by atoms with Gasteiger partial charge in [-0.2, -0.15) is 0 Å². The maximum Gasteiger partial charge on any atom is 0.121 e. The minimum atomic E-state index is 0.536. The second kappa shape index (κ2) is 4.66. The monoisotopic (exact) mass is 217 g/mol. The van der Waals surface area contributed by atoms with Crippen LogP contribution < -0.4 is 5.32 Å². The number of nitrogens with zero attached hydrogens (tertiary/aromatic N) is 1. The van der Waals surface area contributed by atoms with Gasteiger partial charge in [0.1, 0.15) is 5.82 Å². The van der Waals surface area contributed by atoms with Gasteiger partial charge in [-0.15, -0.1) is 0 Å². The Kier molecular flexibility index (Phi) is 3.25. The van der Waals surface area contributed by atoms with Crippen LogP contribution in [0.2, 0.25) is 0 Å². The molecule has 0 bridgehead atoms. The van der Waals surface area contributed by atoms with E-state index in [0.717, 1.165) is 29.8 Å². The summed E-state index contributed by atoms with van der Waals surface area (Å²) in [7, 11) is 0. The molecule has 0 radical (unpaired) electrons. The number of rotatable bonds is 4. The number of hydrogen-bond acceptors (Lipinski definition) is 2. The molecule has 0 spiro atoms. The summed E-state index contributed by atoms with van der Waals surface area (Å²) in [5, 5.41) is 3.44. The molecule has 16 heavy (non-hydrogen) atoms. The van der Waals surface area contributed by atoms with Crippen LogP contribution in [-0.2, 0) is 6.54 Å². The van der Waals surface area contributed by atoms with E-state index in [9.17, 15) is 0 Å². The van der Waals surface area contributed by atoms with Gasteiger partial charge in [0.15, 0.2) is 0 Å². The van der Waals surface area contributed by atoms with Gasteiger partial charge in [-0.25, -0.2) is 4.98 Å². The molecular weight excluding hydrogens is 198 g/mol. The Morgan fingerprint density at radius 1 is 1.44 bits per heavy atom. The molecule has 2 rings (SSSR count). The Hall–Kier alpha value is -1.35. The fourth-order valence-corrected chi connectivity index (χ4v) is 1.73. The zero-order valence-corrected chi connectivity index (χ0v) is 10.2. The van der Waals surface area contributed by atoms with Gasteiger partial charge in [0.2, 0.25) is 0 Å². The number of nitrogens with one attached hydrogen (secondary N) is 2. The molecule has 1 heterocycles. The predicted molar refractivity (Wildman–Crippen MR) is 67.4 cm³/mol. The Bertz CT molecular complexity index is 473. The summed E-state index contributed by atoms with van der Waals surface area (Å²) in [6.07, 6.45) is 1.14. The molecule has 0 fully saturated rings. The van der Waals surface area contributed by atoms with Gasteiger partial charge in [0, 0.05) is 6.04 Å². The Labute approximate surface area is 96.3 Å². The quantitative estimate of drug-likeness (QED) is 0.826. The first-order valence-electron chi connectivity index (χ1n) is 5.88. The second-order valence-electron chi connectivity index (χ2n) is 4.34. The van der Waals surface area contributed by atoms with Crippen LogP contribution in [0.4, 0.5) is 0 Å². The minimum Gasteiger partial charge on any atom is -0.341 e. The lowest BCUT2D eigenvalue weighted by atomic mass is 10.2. The molecular formula is C13H19N3. The average Bonchev–Trinajstić information content (AvgIpc) is 2.70. The number of hydrogen-bond donors (Lipinski definition) is 2. The van der Waals surface area contributed by atoms with Crippen LogP contribution in [0.1, 0.15) is 31.7 Å². The second-order valence-corrected chi connectivity index (χ2v) is 4.34. The number of fused-ring (bicyclic) bond motifs is 1. The highest BCUT2D eigenvalue weighted by atomic mass is 15.0. The van der Waals surface area contributed by atoms with Crippen molar-refractivity contribution in [2.75, 3.05) is 0 Å². The van der Waals surface area contributed by atoms with Crippen molar-refractivity contribution in [2.45, 2.75) is 39.8 Å². The number of aromatic nitrogens is 2. The molecule has 0 amide bonds. The molecule has 3 nitrogen and oxygen atoms in total. The third-order valence-electron chi connectivity index (χ3n) is 2.99. The number of H-pyrrole nitrogens is 1. The van der Waals surface area contributed by atoms with Crippen LogP contribution in [0.25, 0.3) is 11.0 Å². The molecule has 1 aromatic carbocycles. The number of para-hydroxylation sites is 1. The number of benzene rings is 1. The van der Waals surface area contributed by atoms with Crippen molar-refractivity contribution in [3.63, 3.8) is 0 Å². The fraction of sp³-hybridized carbons (Fsp3) is 0.462. The molecule has 0 aliphatic carbocycles. The van der Waals surface area contributed by atoms with Crippen molar-refractivity contribution < 1.29 is 0 Å². The van der Waals surface area contributed by atoms with Gasteiger partial charge in [0.25, 0.3) is 0 Å². The van der Waals surface area contributed by atoms with Crippen LogP contribution in [0.15, 0.2) is 18.2 Å². The van der Waals surface area contributed by atoms with E-state index >= 15 is 0 Å². The van der Waals surface area contributed by atoms with Gasteiger partial charge in [-0.3, -0.25) is 0 Å². The van der Waals surface area contributed by atoms with Crippen molar-refractivity contribution in [3.8, 4) is 0 Å². The van der Waals surface area contributed by atoms with Crippen LogP contribution in [0.5, 0.6) is 0 Å². The van der Waals surface area contributed by atoms with Crippen molar-refractivity contribution in [1.82, 2.24) is 15.3 Å². The molecule has 1 aromatic heterocycles. The first-order valence-corrected chi connectivity index (χ1v) is 5.88.